The van der Waals surface area contributed by atoms with Crippen LogP contribution in [0, 0.1) is 11.2 Å². The van der Waals surface area contributed by atoms with Crippen LogP contribution in [0.15, 0.2) is 29.2 Å². The standard InChI is InChI=1S/C19H21FN2O4S2/c1-19(2)10-14-17(15(23)11-19)27-18(21-14)22-16(24)4-3-9-28(25,26)13-7-5-12(20)6-8-13/h5-8H,3-4,9-11H2,1-2H3,(H,21,22,24). The molecule has 1 aromatic carbocycles. The first-order valence-corrected chi connectivity index (χ1v) is 11.3. The molecular weight excluding hydrogens is 403 g/mol. The van der Waals surface area contributed by atoms with Crippen molar-refractivity contribution in [2.75, 3.05) is 11.1 Å². The Morgan fingerprint density at radius 1 is 1.25 bits per heavy atom. The number of aromatic nitrogens is 1. The third kappa shape index (κ3) is 4.82. The first-order valence-electron chi connectivity index (χ1n) is 8.87. The van der Waals surface area contributed by atoms with Crippen LogP contribution in [0.4, 0.5) is 9.52 Å². The van der Waals surface area contributed by atoms with Crippen LogP contribution < -0.4 is 5.32 Å². The number of hydrogen-bond acceptors (Lipinski definition) is 6. The molecule has 2 aromatic rings. The van der Waals surface area contributed by atoms with Crippen molar-refractivity contribution in [3.8, 4) is 0 Å². The number of halogens is 1. The molecule has 0 atom stereocenters. The first kappa shape index (κ1) is 20.6. The Labute approximate surface area is 167 Å². The summed E-state index contributed by atoms with van der Waals surface area (Å²) in [6.45, 7) is 4.01. The van der Waals surface area contributed by atoms with Gasteiger partial charge >= 0.3 is 0 Å². The summed E-state index contributed by atoms with van der Waals surface area (Å²) in [6.07, 6.45) is 1.26. The van der Waals surface area contributed by atoms with E-state index in [1.54, 1.807) is 0 Å². The van der Waals surface area contributed by atoms with Crippen LogP contribution >= 0.6 is 11.3 Å². The van der Waals surface area contributed by atoms with Crippen molar-refractivity contribution in [2.24, 2.45) is 5.41 Å². The van der Waals surface area contributed by atoms with Crippen molar-refractivity contribution in [3.63, 3.8) is 0 Å². The van der Waals surface area contributed by atoms with Crippen molar-refractivity contribution >= 4 is 38.0 Å². The molecule has 0 aliphatic heterocycles. The number of carbonyl (C=O) groups excluding carboxylic acids is 2. The van der Waals surface area contributed by atoms with Gasteiger partial charge in [0.15, 0.2) is 20.8 Å². The zero-order valence-electron chi connectivity index (χ0n) is 15.6. The molecule has 9 heteroatoms. The lowest BCUT2D eigenvalue weighted by atomic mass is 9.78. The van der Waals surface area contributed by atoms with E-state index in [4.69, 9.17) is 0 Å². The van der Waals surface area contributed by atoms with Gasteiger partial charge in [-0.2, -0.15) is 0 Å². The summed E-state index contributed by atoms with van der Waals surface area (Å²) in [5.41, 5.74) is 0.564. The molecular formula is C19H21FN2O4S2. The molecule has 0 unspecified atom stereocenters. The lowest BCUT2D eigenvalue weighted by Gasteiger charge is -2.26. The topological polar surface area (TPSA) is 93.2 Å². The maximum atomic E-state index is 12.9. The average Bonchev–Trinajstić information content (AvgIpc) is 2.96. The number of rotatable bonds is 6. The molecule has 1 heterocycles. The van der Waals surface area contributed by atoms with Gasteiger partial charge in [-0.3, -0.25) is 9.59 Å². The first-order chi connectivity index (χ1) is 13.1. The minimum Gasteiger partial charge on any atom is -0.302 e. The number of amides is 1. The van der Waals surface area contributed by atoms with E-state index >= 15 is 0 Å². The molecule has 1 N–H and O–H groups in total. The number of Topliss-reactive ketones (excluding diaryl/α,β-unsaturated/α-hetero) is 1. The van der Waals surface area contributed by atoms with Crippen LogP contribution in [0.2, 0.25) is 0 Å². The van der Waals surface area contributed by atoms with Crippen LogP contribution in [0.25, 0.3) is 0 Å². The van der Waals surface area contributed by atoms with Crippen LogP contribution in [0.1, 0.15) is 48.5 Å². The van der Waals surface area contributed by atoms with Gasteiger partial charge in [0, 0.05) is 12.8 Å². The smallest absolute Gasteiger partial charge is 0.226 e. The summed E-state index contributed by atoms with van der Waals surface area (Å²) < 4.78 is 37.3. The Bertz CT molecular complexity index is 1010. The highest BCUT2D eigenvalue weighted by Gasteiger charge is 2.34. The molecule has 1 amide bonds. The molecule has 0 fully saturated rings. The summed E-state index contributed by atoms with van der Waals surface area (Å²) in [4.78, 5) is 29.3. The van der Waals surface area contributed by atoms with E-state index in [1.165, 1.54) is 12.1 Å². The molecule has 150 valence electrons. The molecule has 3 rings (SSSR count). The highest BCUT2D eigenvalue weighted by Crippen LogP contribution is 2.38. The zero-order valence-corrected chi connectivity index (χ0v) is 17.3. The quantitative estimate of drug-likeness (QED) is 0.715. The molecule has 6 nitrogen and oxygen atoms in total. The minimum atomic E-state index is -3.57. The molecule has 0 saturated carbocycles. The second-order valence-corrected chi connectivity index (χ2v) is 10.8. The number of nitrogens with one attached hydrogen (secondary N) is 1. The predicted octanol–water partition coefficient (Wildman–Crippen LogP) is 3.63. The van der Waals surface area contributed by atoms with E-state index in [-0.39, 0.29) is 40.6 Å². The number of sulfone groups is 1. The number of carbonyl (C=O) groups is 2. The fraction of sp³-hybridized carbons (Fsp3) is 0.421. The molecule has 1 aliphatic carbocycles. The van der Waals surface area contributed by atoms with Gasteiger partial charge in [0.05, 0.1) is 21.2 Å². The highest BCUT2D eigenvalue weighted by molar-refractivity contribution is 7.91. The van der Waals surface area contributed by atoms with Crippen LogP contribution in [-0.2, 0) is 21.1 Å². The van der Waals surface area contributed by atoms with E-state index in [9.17, 15) is 22.4 Å². The summed E-state index contributed by atoms with van der Waals surface area (Å²) in [5.74, 6) is -1.04. The number of benzene rings is 1. The number of fused-ring (bicyclic) bond motifs is 1. The fourth-order valence-corrected chi connectivity index (χ4v) is 5.38. The third-order valence-electron chi connectivity index (χ3n) is 4.47. The molecule has 1 aromatic heterocycles. The molecule has 1 aliphatic rings. The Balaban J connectivity index is 1.55. The maximum Gasteiger partial charge on any atom is 0.226 e. The van der Waals surface area contributed by atoms with Crippen molar-refractivity contribution in [2.45, 2.75) is 44.4 Å². The van der Waals surface area contributed by atoms with E-state index in [0.717, 1.165) is 23.5 Å². The maximum absolute atomic E-state index is 12.9. The normalized spacial score (nSPS) is 15.9. The Hall–Kier alpha value is -2.13. The van der Waals surface area contributed by atoms with Crippen molar-refractivity contribution in [1.29, 1.82) is 0 Å². The molecule has 0 bridgehead atoms. The number of hydrogen-bond donors (Lipinski definition) is 1. The van der Waals surface area contributed by atoms with Gasteiger partial charge in [0.2, 0.25) is 5.91 Å². The van der Waals surface area contributed by atoms with Crippen molar-refractivity contribution < 1.29 is 22.4 Å². The van der Waals surface area contributed by atoms with Gasteiger partial charge in [0.1, 0.15) is 5.82 Å². The third-order valence-corrected chi connectivity index (χ3v) is 7.34. The molecule has 28 heavy (non-hydrogen) atoms. The van der Waals surface area contributed by atoms with Crippen LogP contribution in [0.5, 0.6) is 0 Å². The SMILES string of the molecule is CC1(C)CC(=O)c2sc(NC(=O)CCCS(=O)(=O)c3ccc(F)cc3)nc2C1. The fourth-order valence-electron chi connectivity index (χ4n) is 3.14. The van der Waals surface area contributed by atoms with Gasteiger partial charge in [-0.05, 0) is 42.5 Å². The van der Waals surface area contributed by atoms with Gasteiger partial charge < -0.3 is 5.32 Å². The van der Waals surface area contributed by atoms with Crippen molar-refractivity contribution in [3.05, 3.63) is 40.7 Å². The lowest BCUT2D eigenvalue weighted by Crippen LogP contribution is -2.26. The van der Waals surface area contributed by atoms with Gasteiger partial charge in [-0.15, -0.1) is 0 Å². The number of nitrogens with zero attached hydrogens (tertiary/aromatic N) is 1. The van der Waals surface area contributed by atoms with E-state index in [1.807, 2.05) is 13.8 Å². The summed E-state index contributed by atoms with van der Waals surface area (Å²) >= 11 is 1.16. The second-order valence-electron chi connectivity index (χ2n) is 7.66. The number of ketones is 1. The van der Waals surface area contributed by atoms with Gasteiger partial charge in [-0.1, -0.05) is 25.2 Å². The molecule has 0 saturated heterocycles. The Morgan fingerprint density at radius 2 is 1.93 bits per heavy atom. The monoisotopic (exact) mass is 424 g/mol. The average molecular weight is 425 g/mol. The number of thiazole rings is 1. The van der Waals surface area contributed by atoms with Gasteiger partial charge in [-0.25, -0.2) is 17.8 Å². The van der Waals surface area contributed by atoms with Crippen LogP contribution in [-0.4, -0.2) is 30.8 Å². The van der Waals surface area contributed by atoms with Gasteiger partial charge in [0.25, 0.3) is 0 Å². The minimum absolute atomic E-state index is 0.00408. The summed E-state index contributed by atoms with van der Waals surface area (Å²) in [5, 5.41) is 3.02. The van der Waals surface area contributed by atoms with E-state index in [2.05, 4.69) is 10.3 Å². The molecule has 0 spiro atoms. The number of anilines is 1. The Morgan fingerprint density at radius 3 is 2.61 bits per heavy atom. The summed E-state index contributed by atoms with van der Waals surface area (Å²) in [7, 11) is -3.57. The summed E-state index contributed by atoms with van der Waals surface area (Å²) in [6, 6.07) is 4.60. The zero-order chi connectivity index (χ0) is 20.5. The lowest BCUT2D eigenvalue weighted by molar-refractivity contribution is -0.116. The highest BCUT2D eigenvalue weighted by atomic mass is 32.2. The second kappa shape index (κ2) is 7.71. The van der Waals surface area contributed by atoms with E-state index < -0.39 is 15.7 Å². The van der Waals surface area contributed by atoms with Crippen LogP contribution in [0.3, 0.4) is 0 Å². The predicted molar refractivity (Wildman–Crippen MR) is 105 cm³/mol. The molecule has 0 radical (unpaired) electrons. The van der Waals surface area contributed by atoms with E-state index in [0.29, 0.717) is 28.5 Å². The largest absolute Gasteiger partial charge is 0.302 e. The Kier molecular flexibility index (Phi) is 5.67. The van der Waals surface area contributed by atoms with Crippen molar-refractivity contribution in [1.82, 2.24) is 4.98 Å².